The second-order valence-corrected chi connectivity index (χ2v) is 4.92. The number of nitrogens with zero attached hydrogens (tertiary/aromatic N) is 2. The first kappa shape index (κ1) is 14.2. The van der Waals surface area contributed by atoms with E-state index in [-0.39, 0.29) is 23.9 Å². The summed E-state index contributed by atoms with van der Waals surface area (Å²) in [6.45, 7) is 2.12. The third kappa shape index (κ3) is 2.69. The van der Waals surface area contributed by atoms with Gasteiger partial charge in [0.2, 0.25) is 5.91 Å². The van der Waals surface area contributed by atoms with E-state index in [1.807, 2.05) is 0 Å². The molecule has 0 unspecified atom stereocenters. The van der Waals surface area contributed by atoms with Gasteiger partial charge in [-0.05, 0) is 37.5 Å². The van der Waals surface area contributed by atoms with Crippen molar-refractivity contribution in [1.29, 1.82) is 5.26 Å². The van der Waals surface area contributed by atoms with Gasteiger partial charge in [0.25, 0.3) is 0 Å². The van der Waals surface area contributed by atoms with Crippen molar-refractivity contribution < 1.29 is 14.0 Å². The summed E-state index contributed by atoms with van der Waals surface area (Å²) in [6.07, 6.45) is 0.875. The van der Waals surface area contributed by atoms with Crippen molar-refractivity contribution in [1.82, 2.24) is 0 Å². The number of benzene rings is 1. The molecule has 0 spiro atoms. The van der Waals surface area contributed by atoms with Crippen LogP contribution in [0.15, 0.2) is 18.2 Å². The molecule has 1 amide bonds. The van der Waals surface area contributed by atoms with E-state index in [0.29, 0.717) is 30.6 Å². The molecule has 2 rings (SSSR count). The van der Waals surface area contributed by atoms with Crippen molar-refractivity contribution in [3.63, 3.8) is 0 Å². The second kappa shape index (κ2) is 5.83. The predicted octanol–water partition coefficient (Wildman–Crippen LogP) is 2.36. The zero-order chi connectivity index (χ0) is 14.7. The maximum Gasteiger partial charge on any atom is 0.237 e. The van der Waals surface area contributed by atoms with Gasteiger partial charge in [0.1, 0.15) is 5.82 Å². The van der Waals surface area contributed by atoms with Crippen LogP contribution in [0.2, 0.25) is 0 Å². The molecule has 1 aliphatic heterocycles. The Morgan fingerprint density at radius 2 is 2.30 bits per heavy atom. The highest BCUT2D eigenvalue weighted by Gasteiger charge is 2.34. The molecule has 0 N–H and O–H groups in total. The van der Waals surface area contributed by atoms with Crippen LogP contribution in [0.1, 0.15) is 24.8 Å². The van der Waals surface area contributed by atoms with Crippen molar-refractivity contribution >= 4 is 17.4 Å². The number of nitriles is 1. The molecular formula is C15H15FN2O2. The van der Waals surface area contributed by atoms with Crippen LogP contribution >= 0.6 is 0 Å². The van der Waals surface area contributed by atoms with Crippen LogP contribution in [0.25, 0.3) is 0 Å². The van der Waals surface area contributed by atoms with E-state index < -0.39 is 5.92 Å². The molecule has 1 saturated heterocycles. The number of hydrogen-bond acceptors (Lipinski definition) is 3. The first-order valence-corrected chi connectivity index (χ1v) is 6.52. The summed E-state index contributed by atoms with van der Waals surface area (Å²) in [7, 11) is 0. The lowest BCUT2D eigenvalue weighted by Gasteiger charge is -2.31. The molecule has 20 heavy (non-hydrogen) atoms. The molecule has 0 radical (unpaired) electrons. The molecule has 1 heterocycles. The van der Waals surface area contributed by atoms with Gasteiger partial charge in [-0.3, -0.25) is 9.59 Å². The minimum absolute atomic E-state index is 0.257. The number of Topliss-reactive ketones (excluding diaryl/α,β-unsaturated/α-hetero) is 1. The van der Waals surface area contributed by atoms with Crippen molar-refractivity contribution in [3.8, 4) is 6.07 Å². The Morgan fingerprint density at radius 1 is 1.55 bits per heavy atom. The smallest absolute Gasteiger partial charge is 0.237 e. The third-order valence-electron chi connectivity index (χ3n) is 3.55. The molecule has 1 atom stereocenters. The second-order valence-electron chi connectivity index (χ2n) is 4.92. The summed E-state index contributed by atoms with van der Waals surface area (Å²) in [6, 6.07) is 6.37. The number of aryl methyl sites for hydroxylation is 1. The predicted molar refractivity (Wildman–Crippen MR) is 71.5 cm³/mol. The maximum atomic E-state index is 13.6. The number of rotatable bonds is 3. The van der Waals surface area contributed by atoms with E-state index >= 15 is 0 Å². The lowest BCUT2D eigenvalue weighted by Crippen LogP contribution is -2.44. The summed E-state index contributed by atoms with van der Waals surface area (Å²) in [4.78, 5) is 25.5. The molecule has 0 bridgehead atoms. The summed E-state index contributed by atoms with van der Waals surface area (Å²) >= 11 is 0. The number of amides is 1. The number of anilines is 1. The van der Waals surface area contributed by atoms with Gasteiger partial charge >= 0.3 is 0 Å². The van der Waals surface area contributed by atoms with Gasteiger partial charge < -0.3 is 4.90 Å². The van der Waals surface area contributed by atoms with Gasteiger partial charge in [0.15, 0.2) is 5.78 Å². The standard InChI is InChI=1S/C15H15FN2O2/c1-10-4-5-11(9-13(10)16)18-8-2-3-12(15(18)20)14(19)6-7-17/h4-5,9,12H,2-3,6,8H2,1H3/t12-/m1/s1. The monoisotopic (exact) mass is 274 g/mol. The van der Waals surface area contributed by atoms with Crippen molar-refractivity contribution in [2.24, 2.45) is 5.92 Å². The molecule has 1 fully saturated rings. The zero-order valence-corrected chi connectivity index (χ0v) is 11.2. The highest BCUT2D eigenvalue weighted by Crippen LogP contribution is 2.26. The van der Waals surface area contributed by atoms with Crippen LogP contribution in [-0.4, -0.2) is 18.2 Å². The first-order chi connectivity index (χ1) is 9.54. The quantitative estimate of drug-likeness (QED) is 0.795. The fraction of sp³-hybridized carbons (Fsp3) is 0.400. The van der Waals surface area contributed by atoms with Gasteiger partial charge in [-0.15, -0.1) is 0 Å². The van der Waals surface area contributed by atoms with E-state index in [4.69, 9.17) is 5.26 Å². The Morgan fingerprint density at radius 3 is 2.95 bits per heavy atom. The Kier molecular flexibility index (Phi) is 4.14. The van der Waals surface area contributed by atoms with Crippen LogP contribution in [0.4, 0.5) is 10.1 Å². The number of carbonyl (C=O) groups excluding carboxylic acids is 2. The number of halogens is 1. The van der Waals surface area contributed by atoms with Gasteiger partial charge in [-0.2, -0.15) is 5.26 Å². The number of ketones is 1. The fourth-order valence-corrected chi connectivity index (χ4v) is 2.38. The van der Waals surface area contributed by atoms with E-state index in [9.17, 15) is 14.0 Å². The number of piperidine rings is 1. The Bertz CT molecular complexity index is 592. The third-order valence-corrected chi connectivity index (χ3v) is 3.55. The Labute approximate surface area is 116 Å². The maximum absolute atomic E-state index is 13.6. The molecule has 1 aromatic rings. The van der Waals surface area contributed by atoms with Crippen molar-refractivity contribution in [2.45, 2.75) is 26.2 Å². The summed E-state index contributed by atoms with van der Waals surface area (Å²) in [5.74, 6) is -1.83. The van der Waals surface area contributed by atoms with Gasteiger partial charge in [0, 0.05) is 12.2 Å². The van der Waals surface area contributed by atoms with E-state index in [1.54, 1.807) is 25.1 Å². The summed E-state index contributed by atoms with van der Waals surface area (Å²) < 4.78 is 13.6. The molecule has 0 aliphatic carbocycles. The Balaban J connectivity index is 2.24. The molecule has 4 nitrogen and oxygen atoms in total. The average Bonchev–Trinajstić information content (AvgIpc) is 2.42. The van der Waals surface area contributed by atoms with Crippen LogP contribution in [0.5, 0.6) is 0 Å². The van der Waals surface area contributed by atoms with E-state index in [2.05, 4.69) is 0 Å². The van der Waals surface area contributed by atoms with Crippen LogP contribution in [-0.2, 0) is 9.59 Å². The zero-order valence-electron chi connectivity index (χ0n) is 11.2. The molecule has 0 saturated carbocycles. The lowest BCUT2D eigenvalue weighted by atomic mass is 9.91. The normalized spacial score (nSPS) is 18.8. The lowest BCUT2D eigenvalue weighted by molar-refractivity contribution is -0.133. The van der Waals surface area contributed by atoms with Crippen LogP contribution in [0, 0.1) is 30.0 Å². The SMILES string of the molecule is Cc1ccc(N2CCC[C@H](C(=O)CC#N)C2=O)cc1F. The molecule has 5 heteroatoms. The summed E-state index contributed by atoms with van der Waals surface area (Å²) in [5.41, 5.74) is 0.975. The molecular weight excluding hydrogens is 259 g/mol. The molecule has 1 aliphatic rings. The molecule has 104 valence electrons. The largest absolute Gasteiger partial charge is 0.312 e. The van der Waals surface area contributed by atoms with Gasteiger partial charge in [-0.1, -0.05) is 6.07 Å². The first-order valence-electron chi connectivity index (χ1n) is 6.52. The Hall–Kier alpha value is -2.22. The van der Waals surface area contributed by atoms with Crippen LogP contribution in [0.3, 0.4) is 0 Å². The topological polar surface area (TPSA) is 61.2 Å². The number of carbonyl (C=O) groups is 2. The van der Waals surface area contributed by atoms with Gasteiger partial charge in [0.05, 0.1) is 18.4 Å². The number of hydrogen-bond donors (Lipinski definition) is 0. The van der Waals surface area contributed by atoms with E-state index in [0.717, 1.165) is 0 Å². The highest BCUT2D eigenvalue weighted by molar-refractivity contribution is 6.09. The fourth-order valence-electron chi connectivity index (χ4n) is 2.38. The van der Waals surface area contributed by atoms with E-state index in [1.165, 1.54) is 11.0 Å². The minimum Gasteiger partial charge on any atom is -0.312 e. The highest BCUT2D eigenvalue weighted by atomic mass is 19.1. The van der Waals surface area contributed by atoms with Crippen LogP contribution < -0.4 is 4.90 Å². The van der Waals surface area contributed by atoms with Gasteiger partial charge in [-0.25, -0.2) is 4.39 Å². The van der Waals surface area contributed by atoms with Crippen molar-refractivity contribution in [3.05, 3.63) is 29.6 Å². The average molecular weight is 274 g/mol. The van der Waals surface area contributed by atoms with Crippen molar-refractivity contribution in [2.75, 3.05) is 11.4 Å². The minimum atomic E-state index is -0.771. The molecule has 1 aromatic carbocycles. The molecule has 0 aromatic heterocycles. The summed E-state index contributed by atoms with van der Waals surface area (Å²) in [5, 5.41) is 8.56.